The van der Waals surface area contributed by atoms with Crippen LogP contribution in [-0.2, 0) is 14.3 Å². The highest BCUT2D eigenvalue weighted by atomic mass is 19.4. The Morgan fingerprint density at radius 2 is 1.79 bits per heavy atom. The predicted molar refractivity (Wildman–Crippen MR) is 98.6 cm³/mol. The largest absolute Gasteiger partial charge is 0.471 e. The van der Waals surface area contributed by atoms with E-state index in [0.717, 1.165) is 5.56 Å². The molecular formula is C21H18F3NO3. The molecule has 0 N–H and O–H groups in total. The molecule has 0 aromatic heterocycles. The second kappa shape index (κ2) is 9.09. The standard InChI is InChI=1S/C21H18F3NO3/c1-3-28-19(26)14-25(20(27)21(22,23)24)18-10-5-4-9-17(18)12-11-16-8-6-7-15(2)13-16/h4-10,13H,3,14H2,1-2H3. The molecule has 0 fully saturated rings. The van der Waals surface area contributed by atoms with E-state index in [0.29, 0.717) is 10.5 Å². The van der Waals surface area contributed by atoms with Crippen LogP contribution in [0.15, 0.2) is 48.5 Å². The smallest absolute Gasteiger partial charge is 0.465 e. The number of alkyl halides is 3. The van der Waals surface area contributed by atoms with Gasteiger partial charge in [0.2, 0.25) is 0 Å². The molecule has 0 radical (unpaired) electrons. The van der Waals surface area contributed by atoms with Gasteiger partial charge < -0.3 is 4.74 Å². The first kappa shape index (κ1) is 21.0. The molecule has 0 atom stereocenters. The fraction of sp³-hybridized carbons (Fsp3) is 0.238. The summed E-state index contributed by atoms with van der Waals surface area (Å²) in [5.41, 5.74) is 1.73. The highest BCUT2D eigenvalue weighted by Crippen LogP contribution is 2.26. The lowest BCUT2D eigenvalue weighted by Crippen LogP contribution is -2.44. The van der Waals surface area contributed by atoms with Crippen LogP contribution < -0.4 is 4.90 Å². The number of rotatable bonds is 4. The van der Waals surface area contributed by atoms with Crippen molar-refractivity contribution >= 4 is 17.6 Å². The fourth-order valence-electron chi connectivity index (χ4n) is 2.43. The van der Waals surface area contributed by atoms with E-state index < -0.39 is 24.6 Å². The number of para-hydroxylation sites is 1. The molecule has 0 heterocycles. The van der Waals surface area contributed by atoms with Crippen LogP contribution in [0.2, 0.25) is 0 Å². The van der Waals surface area contributed by atoms with Crippen LogP contribution >= 0.6 is 0 Å². The Hall–Kier alpha value is -3.27. The molecule has 0 aliphatic heterocycles. The van der Waals surface area contributed by atoms with Gasteiger partial charge in [-0.1, -0.05) is 36.1 Å². The number of esters is 1. The molecule has 0 unspecified atom stereocenters. The lowest BCUT2D eigenvalue weighted by Gasteiger charge is -2.24. The Labute approximate surface area is 160 Å². The lowest BCUT2D eigenvalue weighted by molar-refractivity contribution is -0.171. The lowest BCUT2D eigenvalue weighted by atomic mass is 10.1. The van der Waals surface area contributed by atoms with E-state index in [1.165, 1.54) is 25.1 Å². The van der Waals surface area contributed by atoms with Crippen molar-refractivity contribution in [3.05, 3.63) is 65.2 Å². The third-order valence-electron chi connectivity index (χ3n) is 3.63. The number of aryl methyl sites for hydroxylation is 1. The highest BCUT2D eigenvalue weighted by molar-refractivity contribution is 6.01. The maximum atomic E-state index is 13.1. The van der Waals surface area contributed by atoms with E-state index in [4.69, 9.17) is 4.74 Å². The van der Waals surface area contributed by atoms with Crippen molar-refractivity contribution < 1.29 is 27.5 Å². The van der Waals surface area contributed by atoms with E-state index in [1.807, 2.05) is 25.1 Å². The van der Waals surface area contributed by atoms with Crippen LogP contribution in [0, 0.1) is 18.8 Å². The van der Waals surface area contributed by atoms with Crippen molar-refractivity contribution in [1.29, 1.82) is 0 Å². The van der Waals surface area contributed by atoms with E-state index in [9.17, 15) is 22.8 Å². The molecular weight excluding hydrogens is 371 g/mol. The minimum atomic E-state index is -5.15. The van der Waals surface area contributed by atoms with Gasteiger partial charge in [-0.05, 0) is 43.7 Å². The number of hydrogen-bond donors (Lipinski definition) is 0. The summed E-state index contributed by atoms with van der Waals surface area (Å²) in [6, 6.07) is 13.1. The first-order chi connectivity index (χ1) is 13.2. The molecule has 2 aromatic rings. The maximum absolute atomic E-state index is 13.1. The molecule has 2 aromatic carbocycles. The van der Waals surface area contributed by atoms with Gasteiger partial charge in [0, 0.05) is 11.1 Å². The van der Waals surface area contributed by atoms with Crippen LogP contribution in [0.25, 0.3) is 0 Å². The number of ether oxygens (including phenoxy) is 1. The van der Waals surface area contributed by atoms with Gasteiger partial charge in [0.05, 0.1) is 12.3 Å². The molecule has 7 heteroatoms. The summed E-state index contributed by atoms with van der Waals surface area (Å²) in [6.07, 6.45) is -5.15. The van der Waals surface area contributed by atoms with Gasteiger partial charge >= 0.3 is 18.1 Å². The molecule has 0 aliphatic rings. The average molecular weight is 389 g/mol. The zero-order valence-corrected chi connectivity index (χ0v) is 15.3. The Balaban J connectivity index is 2.47. The summed E-state index contributed by atoms with van der Waals surface area (Å²) < 4.78 is 43.9. The molecule has 0 aliphatic carbocycles. The maximum Gasteiger partial charge on any atom is 0.471 e. The summed E-state index contributed by atoms with van der Waals surface area (Å²) in [6.45, 7) is 2.54. The fourth-order valence-corrected chi connectivity index (χ4v) is 2.43. The number of benzene rings is 2. The molecule has 0 saturated heterocycles. The quantitative estimate of drug-likeness (QED) is 0.589. The summed E-state index contributed by atoms with van der Waals surface area (Å²) in [5.74, 6) is 2.55. The number of hydrogen-bond acceptors (Lipinski definition) is 3. The number of carbonyl (C=O) groups is 2. The van der Waals surface area contributed by atoms with Crippen LogP contribution in [0.1, 0.15) is 23.6 Å². The first-order valence-electron chi connectivity index (χ1n) is 8.44. The minimum Gasteiger partial charge on any atom is -0.465 e. The predicted octanol–water partition coefficient (Wildman–Crippen LogP) is 3.85. The van der Waals surface area contributed by atoms with Crippen molar-refractivity contribution in [2.45, 2.75) is 20.0 Å². The molecule has 0 bridgehead atoms. The SMILES string of the molecule is CCOC(=O)CN(C(=O)C(F)(F)F)c1ccccc1C#Cc1cccc(C)c1. The Morgan fingerprint density at radius 3 is 2.43 bits per heavy atom. The van der Waals surface area contributed by atoms with Gasteiger partial charge in [0.1, 0.15) is 6.54 Å². The first-order valence-corrected chi connectivity index (χ1v) is 8.44. The van der Waals surface area contributed by atoms with Gasteiger partial charge in [-0.25, -0.2) is 0 Å². The molecule has 2 rings (SSSR count). The average Bonchev–Trinajstić information content (AvgIpc) is 2.64. The van der Waals surface area contributed by atoms with Crippen molar-refractivity contribution in [2.24, 2.45) is 0 Å². The van der Waals surface area contributed by atoms with Crippen LogP contribution in [0.4, 0.5) is 18.9 Å². The minimum absolute atomic E-state index is 0.0122. The van der Waals surface area contributed by atoms with Crippen molar-refractivity contribution in [2.75, 3.05) is 18.1 Å². The molecule has 0 spiro atoms. The van der Waals surface area contributed by atoms with E-state index >= 15 is 0 Å². The second-order valence-electron chi connectivity index (χ2n) is 5.83. The number of amides is 1. The second-order valence-corrected chi connectivity index (χ2v) is 5.83. The summed E-state index contributed by atoms with van der Waals surface area (Å²) in [4.78, 5) is 24.0. The molecule has 28 heavy (non-hydrogen) atoms. The normalized spacial score (nSPS) is 10.6. The molecule has 146 valence electrons. The summed E-state index contributed by atoms with van der Waals surface area (Å²) in [7, 11) is 0. The van der Waals surface area contributed by atoms with Crippen LogP contribution in [0.5, 0.6) is 0 Å². The van der Waals surface area contributed by atoms with Gasteiger partial charge in [0.25, 0.3) is 0 Å². The molecule has 1 amide bonds. The Bertz CT molecular complexity index is 926. The number of halogens is 3. The number of nitrogens with zero attached hydrogens (tertiary/aromatic N) is 1. The highest BCUT2D eigenvalue weighted by Gasteiger charge is 2.44. The monoisotopic (exact) mass is 389 g/mol. The van der Waals surface area contributed by atoms with Crippen molar-refractivity contribution in [3.63, 3.8) is 0 Å². The third-order valence-corrected chi connectivity index (χ3v) is 3.63. The zero-order valence-electron chi connectivity index (χ0n) is 15.3. The Kier molecular flexibility index (Phi) is 6.83. The summed E-state index contributed by atoms with van der Waals surface area (Å²) in [5, 5.41) is 0. The van der Waals surface area contributed by atoms with Gasteiger partial charge in [-0.15, -0.1) is 0 Å². The van der Waals surface area contributed by atoms with Gasteiger partial charge in [0.15, 0.2) is 0 Å². The summed E-state index contributed by atoms with van der Waals surface area (Å²) >= 11 is 0. The van der Waals surface area contributed by atoms with E-state index in [2.05, 4.69) is 11.8 Å². The van der Waals surface area contributed by atoms with Crippen LogP contribution in [-0.4, -0.2) is 31.2 Å². The zero-order chi connectivity index (χ0) is 20.7. The third kappa shape index (κ3) is 5.61. The van der Waals surface area contributed by atoms with Gasteiger partial charge in [-0.3, -0.25) is 14.5 Å². The van der Waals surface area contributed by atoms with Crippen molar-refractivity contribution in [1.82, 2.24) is 0 Å². The van der Waals surface area contributed by atoms with Crippen LogP contribution in [0.3, 0.4) is 0 Å². The van der Waals surface area contributed by atoms with E-state index in [-0.39, 0.29) is 17.9 Å². The number of anilines is 1. The molecule has 4 nitrogen and oxygen atoms in total. The Morgan fingerprint density at radius 1 is 1.07 bits per heavy atom. The topological polar surface area (TPSA) is 46.6 Å². The van der Waals surface area contributed by atoms with Crippen molar-refractivity contribution in [3.8, 4) is 11.8 Å². The number of carbonyl (C=O) groups excluding carboxylic acids is 2. The van der Waals surface area contributed by atoms with Gasteiger partial charge in [-0.2, -0.15) is 13.2 Å². The molecule has 0 saturated carbocycles. The van der Waals surface area contributed by atoms with E-state index in [1.54, 1.807) is 12.1 Å².